The molecule has 0 aromatic carbocycles. The Morgan fingerprint density at radius 2 is 1.92 bits per heavy atom. The third kappa shape index (κ3) is 3.94. The lowest BCUT2D eigenvalue weighted by molar-refractivity contribution is 0.206. The van der Waals surface area contributed by atoms with Crippen LogP contribution in [0.5, 0.6) is 5.88 Å². The van der Waals surface area contributed by atoms with Crippen molar-refractivity contribution in [1.82, 2.24) is 19.9 Å². The number of ether oxygens (including phenoxy) is 1. The molecule has 3 heterocycles. The lowest BCUT2D eigenvalue weighted by atomic mass is 10.0. The summed E-state index contributed by atoms with van der Waals surface area (Å²) in [7, 11) is 1.56. The van der Waals surface area contributed by atoms with Gasteiger partial charge in [-0.2, -0.15) is 0 Å². The van der Waals surface area contributed by atoms with Gasteiger partial charge in [0.15, 0.2) is 0 Å². The summed E-state index contributed by atoms with van der Waals surface area (Å²) >= 11 is 0. The average molecular weight is 335 g/mol. The van der Waals surface area contributed by atoms with Gasteiger partial charge in [0.25, 0.3) is 0 Å². The number of methoxy groups -OCH3 is 1. The van der Waals surface area contributed by atoms with Crippen molar-refractivity contribution in [3.05, 3.63) is 42.0 Å². The maximum absolute atomic E-state index is 13.7. The smallest absolute Gasteiger partial charge is 0.218 e. The van der Waals surface area contributed by atoms with Crippen LogP contribution >= 0.6 is 0 Å². The molecule has 2 aromatic heterocycles. The molecule has 0 saturated carbocycles. The van der Waals surface area contributed by atoms with Crippen LogP contribution in [0.15, 0.2) is 24.8 Å². The van der Waals surface area contributed by atoms with Gasteiger partial charge >= 0.3 is 0 Å². The van der Waals surface area contributed by atoms with E-state index in [0.29, 0.717) is 11.7 Å². The molecule has 1 saturated heterocycles. The van der Waals surface area contributed by atoms with Crippen molar-refractivity contribution in [1.29, 1.82) is 0 Å². The number of pyridine rings is 1. The molecule has 0 bridgehead atoms. The van der Waals surface area contributed by atoms with Gasteiger partial charge in [0, 0.05) is 37.3 Å². The number of likely N-dealkylation sites (tertiary alicyclic amines) is 1. The predicted molar refractivity (Wildman–Crippen MR) is 84.7 cm³/mol. The average Bonchev–Trinajstić information content (AvgIpc) is 2.60. The number of nitrogens with one attached hydrogen (secondary N) is 1. The molecule has 1 fully saturated rings. The summed E-state index contributed by atoms with van der Waals surface area (Å²) in [4.78, 5) is 13.7. The molecule has 0 unspecified atom stereocenters. The first-order valence-corrected chi connectivity index (χ1v) is 7.78. The third-order valence-electron chi connectivity index (χ3n) is 4.12. The Labute approximate surface area is 138 Å². The largest absolute Gasteiger partial charge is 0.481 e. The van der Waals surface area contributed by atoms with Gasteiger partial charge < -0.3 is 10.1 Å². The second kappa shape index (κ2) is 7.48. The van der Waals surface area contributed by atoms with E-state index >= 15 is 0 Å². The van der Waals surface area contributed by atoms with Gasteiger partial charge in [-0.3, -0.25) is 9.88 Å². The van der Waals surface area contributed by atoms with Crippen LogP contribution in [0, 0.1) is 11.6 Å². The van der Waals surface area contributed by atoms with Gasteiger partial charge in [-0.1, -0.05) is 0 Å². The van der Waals surface area contributed by atoms with Crippen molar-refractivity contribution >= 4 is 5.82 Å². The Morgan fingerprint density at radius 1 is 1.21 bits per heavy atom. The van der Waals surface area contributed by atoms with Crippen molar-refractivity contribution < 1.29 is 13.5 Å². The summed E-state index contributed by atoms with van der Waals surface area (Å²) in [5.74, 6) is 0.0340. The molecule has 24 heavy (non-hydrogen) atoms. The highest BCUT2D eigenvalue weighted by atomic mass is 19.1. The highest BCUT2D eigenvalue weighted by molar-refractivity contribution is 5.38. The number of rotatable bonds is 5. The molecule has 1 N–H and O–H groups in total. The number of hydrogen-bond acceptors (Lipinski definition) is 6. The van der Waals surface area contributed by atoms with E-state index in [1.165, 1.54) is 6.33 Å². The Bertz CT molecular complexity index is 672. The van der Waals surface area contributed by atoms with Crippen molar-refractivity contribution in [2.45, 2.75) is 25.4 Å². The van der Waals surface area contributed by atoms with Crippen molar-refractivity contribution in [3.63, 3.8) is 0 Å². The standard InChI is InChI=1S/C16H19F2N5O/c1-24-16-6-15(20-10-21-16)22-11-2-4-23(5-3-11)9-12-13(17)7-19-8-14(12)18/h6-8,10-11H,2-5,9H2,1H3,(H,20,21,22). The summed E-state index contributed by atoms with van der Waals surface area (Å²) in [6.45, 7) is 1.76. The van der Waals surface area contributed by atoms with Crippen LogP contribution in [-0.2, 0) is 6.54 Å². The maximum atomic E-state index is 13.7. The number of halogens is 2. The van der Waals surface area contributed by atoms with Gasteiger partial charge in [-0.15, -0.1) is 0 Å². The zero-order chi connectivity index (χ0) is 16.9. The summed E-state index contributed by atoms with van der Waals surface area (Å²) < 4.78 is 32.4. The van der Waals surface area contributed by atoms with Gasteiger partial charge in [-0.05, 0) is 12.8 Å². The van der Waals surface area contributed by atoms with Crippen molar-refractivity contribution in [2.75, 3.05) is 25.5 Å². The fourth-order valence-corrected chi connectivity index (χ4v) is 2.79. The van der Waals surface area contributed by atoms with Crippen LogP contribution in [0.25, 0.3) is 0 Å². The number of piperidine rings is 1. The zero-order valence-corrected chi connectivity index (χ0v) is 13.4. The summed E-state index contributed by atoms with van der Waals surface area (Å²) in [6, 6.07) is 2.00. The number of aromatic nitrogens is 3. The first-order chi connectivity index (χ1) is 11.7. The lowest BCUT2D eigenvalue weighted by Gasteiger charge is -2.32. The van der Waals surface area contributed by atoms with E-state index in [0.717, 1.165) is 38.3 Å². The zero-order valence-electron chi connectivity index (χ0n) is 13.4. The van der Waals surface area contributed by atoms with Gasteiger partial charge in [0.1, 0.15) is 23.8 Å². The SMILES string of the molecule is COc1cc(NC2CCN(Cc3c(F)cncc3F)CC2)ncn1. The molecule has 3 rings (SSSR count). The quantitative estimate of drug-likeness (QED) is 0.904. The second-order valence-electron chi connectivity index (χ2n) is 5.72. The monoisotopic (exact) mass is 335 g/mol. The highest BCUT2D eigenvalue weighted by Crippen LogP contribution is 2.20. The molecular formula is C16H19F2N5O. The number of anilines is 1. The van der Waals surface area contributed by atoms with Crippen LogP contribution in [0.4, 0.5) is 14.6 Å². The Balaban J connectivity index is 1.54. The summed E-state index contributed by atoms with van der Waals surface area (Å²) in [5.41, 5.74) is 0.0805. The van der Waals surface area contributed by atoms with E-state index in [1.807, 2.05) is 4.90 Å². The van der Waals surface area contributed by atoms with Gasteiger partial charge in [0.05, 0.1) is 19.5 Å². The maximum Gasteiger partial charge on any atom is 0.218 e. The normalized spacial score (nSPS) is 16.1. The van der Waals surface area contributed by atoms with Gasteiger partial charge in [0.2, 0.25) is 5.88 Å². The van der Waals surface area contributed by atoms with E-state index in [2.05, 4.69) is 20.3 Å². The fourth-order valence-electron chi connectivity index (χ4n) is 2.79. The van der Waals surface area contributed by atoms with Crippen LogP contribution in [0.1, 0.15) is 18.4 Å². The van der Waals surface area contributed by atoms with E-state index in [9.17, 15) is 8.78 Å². The Kier molecular flexibility index (Phi) is 5.14. The molecule has 2 aromatic rings. The molecule has 0 aliphatic carbocycles. The minimum Gasteiger partial charge on any atom is -0.481 e. The topological polar surface area (TPSA) is 63.2 Å². The van der Waals surface area contributed by atoms with Crippen LogP contribution < -0.4 is 10.1 Å². The molecule has 128 valence electrons. The van der Waals surface area contributed by atoms with E-state index < -0.39 is 11.6 Å². The van der Waals surface area contributed by atoms with Gasteiger partial charge in [-0.25, -0.2) is 18.7 Å². The predicted octanol–water partition coefficient (Wildman–Crippen LogP) is 2.23. The lowest BCUT2D eigenvalue weighted by Crippen LogP contribution is -2.39. The molecule has 1 aliphatic heterocycles. The van der Waals surface area contributed by atoms with E-state index in [1.54, 1.807) is 13.2 Å². The van der Waals surface area contributed by atoms with Crippen molar-refractivity contribution in [2.24, 2.45) is 0 Å². The minimum absolute atomic E-state index is 0.0805. The Hall–Kier alpha value is -2.35. The van der Waals surface area contributed by atoms with Crippen LogP contribution in [-0.4, -0.2) is 46.1 Å². The van der Waals surface area contributed by atoms with E-state index in [-0.39, 0.29) is 18.2 Å². The second-order valence-corrected chi connectivity index (χ2v) is 5.72. The van der Waals surface area contributed by atoms with E-state index in [4.69, 9.17) is 4.74 Å². The molecule has 0 amide bonds. The first kappa shape index (κ1) is 16.5. The first-order valence-electron chi connectivity index (χ1n) is 7.78. The summed E-state index contributed by atoms with van der Waals surface area (Å²) in [5, 5.41) is 3.35. The third-order valence-corrected chi connectivity index (χ3v) is 4.12. The Morgan fingerprint density at radius 3 is 2.58 bits per heavy atom. The van der Waals surface area contributed by atoms with Crippen molar-refractivity contribution in [3.8, 4) is 5.88 Å². The summed E-state index contributed by atoms with van der Waals surface area (Å²) in [6.07, 6.45) is 5.27. The molecule has 6 nitrogen and oxygen atoms in total. The van der Waals surface area contributed by atoms with Crippen LogP contribution in [0.2, 0.25) is 0 Å². The highest BCUT2D eigenvalue weighted by Gasteiger charge is 2.21. The minimum atomic E-state index is -0.594. The molecule has 8 heteroatoms. The number of hydrogen-bond donors (Lipinski definition) is 1. The molecule has 1 aliphatic rings. The number of nitrogens with zero attached hydrogens (tertiary/aromatic N) is 4. The molecule has 0 spiro atoms. The molecule has 0 atom stereocenters. The molecule has 0 radical (unpaired) electrons. The molecular weight excluding hydrogens is 316 g/mol. The van der Waals surface area contributed by atoms with Crippen LogP contribution in [0.3, 0.4) is 0 Å². The fraction of sp³-hybridized carbons (Fsp3) is 0.438.